The Morgan fingerprint density at radius 3 is 2.16 bits per heavy atom. The van der Waals surface area contributed by atoms with Crippen molar-refractivity contribution in [2.75, 3.05) is 37.6 Å². The summed E-state index contributed by atoms with van der Waals surface area (Å²) >= 11 is 0. The van der Waals surface area contributed by atoms with Crippen LogP contribution in [-0.2, 0) is 0 Å². The van der Waals surface area contributed by atoms with E-state index in [9.17, 15) is 4.79 Å². The van der Waals surface area contributed by atoms with E-state index in [4.69, 9.17) is 5.73 Å². The number of nitrogens with zero attached hydrogens (tertiary/aromatic N) is 2. The highest BCUT2D eigenvalue weighted by molar-refractivity contribution is 5.94. The first-order valence-corrected chi connectivity index (χ1v) is 9.54. The second kappa shape index (κ2) is 8.68. The molecule has 0 radical (unpaired) electrons. The van der Waals surface area contributed by atoms with Crippen molar-refractivity contribution in [3.8, 4) is 0 Å². The molecule has 2 rings (SSSR count). The zero-order chi connectivity index (χ0) is 18.4. The van der Waals surface area contributed by atoms with E-state index in [0.29, 0.717) is 18.2 Å². The summed E-state index contributed by atoms with van der Waals surface area (Å²) in [4.78, 5) is 17.2. The van der Waals surface area contributed by atoms with Crippen molar-refractivity contribution in [1.82, 2.24) is 10.2 Å². The van der Waals surface area contributed by atoms with Gasteiger partial charge in [-0.3, -0.25) is 9.69 Å². The lowest BCUT2D eigenvalue weighted by Gasteiger charge is -2.38. The molecule has 1 aromatic rings. The zero-order valence-electron chi connectivity index (χ0n) is 16.2. The largest absolute Gasteiger partial charge is 0.369 e. The summed E-state index contributed by atoms with van der Waals surface area (Å²) in [7, 11) is 0. The predicted molar refractivity (Wildman–Crippen MR) is 105 cm³/mol. The molecule has 0 saturated carbocycles. The van der Waals surface area contributed by atoms with Gasteiger partial charge in [0.2, 0.25) is 0 Å². The minimum Gasteiger partial charge on any atom is -0.369 e. The van der Waals surface area contributed by atoms with E-state index >= 15 is 0 Å². The molecule has 3 N–H and O–H groups in total. The molecule has 0 bridgehead atoms. The maximum atomic E-state index is 12.3. The number of hydrogen-bond donors (Lipinski definition) is 2. The Balaban J connectivity index is 1.90. The molecule has 1 amide bonds. The average molecular weight is 347 g/mol. The third-order valence-electron chi connectivity index (χ3n) is 5.55. The van der Waals surface area contributed by atoms with Crippen molar-refractivity contribution in [3.63, 3.8) is 0 Å². The lowest BCUT2D eigenvalue weighted by molar-refractivity contribution is 0.0942. The van der Waals surface area contributed by atoms with Gasteiger partial charge >= 0.3 is 0 Å². The summed E-state index contributed by atoms with van der Waals surface area (Å²) < 4.78 is 0. The molecular weight excluding hydrogens is 312 g/mol. The summed E-state index contributed by atoms with van der Waals surface area (Å²) in [5, 5.41) is 2.97. The van der Waals surface area contributed by atoms with Crippen molar-refractivity contribution in [3.05, 3.63) is 29.8 Å². The smallest absolute Gasteiger partial charge is 0.251 e. The van der Waals surface area contributed by atoms with Crippen LogP contribution in [0.25, 0.3) is 0 Å². The molecule has 0 atom stereocenters. The van der Waals surface area contributed by atoms with Crippen LogP contribution in [0.2, 0.25) is 0 Å². The maximum absolute atomic E-state index is 12.3. The van der Waals surface area contributed by atoms with Crippen LogP contribution >= 0.6 is 0 Å². The van der Waals surface area contributed by atoms with Crippen LogP contribution in [0.5, 0.6) is 0 Å². The van der Waals surface area contributed by atoms with E-state index in [1.54, 1.807) is 0 Å². The quantitative estimate of drug-likeness (QED) is 0.796. The second-order valence-electron chi connectivity index (χ2n) is 7.42. The van der Waals surface area contributed by atoms with Gasteiger partial charge in [0.05, 0.1) is 0 Å². The Kier molecular flexibility index (Phi) is 6.85. The van der Waals surface area contributed by atoms with Gasteiger partial charge in [0, 0.05) is 55.6 Å². The van der Waals surface area contributed by atoms with Crippen LogP contribution < -0.4 is 16.0 Å². The lowest BCUT2D eigenvalue weighted by Crippen LogP contribution is -2.49. The van der Waals surface area contributed by atoms with Gasteiger partial charge in [-0.15, -0.1) is 0 Å². The van der Waals surface area contributed by atoms with Crippen molar-refractivity contribution in [2.45, 2.75) is 52.1 Å². The molecule has 25 heavy (non-hydrogen) atoms. The van der Waals surface area contributed by atoms with Crippen LogP contribution in [-0.4, -0.2) is 55.1 Å². The number of piperazine rings is 1. The fraction of sp³-hybridized carbons (Fsp3) is 0.650. The fourth-order valence-corrected chi connectivity index (χ4v) is 3.18. The summed E-state index contributed by atoms with van der Waals surface area (Å²) in [6.45, 7) is 13.4. The summed E-state index contributed by atoms with van der Waals surface area (Å²) in [5.74, 6) is -0.0482. The number of carbonyl (C=O) groups is 1. The van der Waals surface area contributed by atoms with Crippen LogP contribution in [0.15, 0.2) is 24.3 Å². The van der Waals surface area contributed by atoms with Gasteiger partial charge in [-0.2, -0.15) is 0 Å². The van der Waals surface area contributed by atoms with E-state index in [0.717, 1.165) is 39.0 Å². The number of amides is 1. The second-order valence-corrected chi connectivity index (χ2v) is 7.42. The van der Waals surface area contributed by atoms with Crippen molar-refractivity contribution >= 4 is 11.6 Å². The van der Waals surface area contributed by atoms with Crippen LogP contribution in [0.4, 0.5) is 5.69 Å². The molecule has 5 heteroatoms. The van der Waals surface area contributed by atoms with E-state index in [2.05, 4.69) is 54.9 Å². The van der Waals surface area contributed by atoms with Crippen molar-refractivity contribution in [1.29, 1.82) is 0 Å². The Labute approximate surface area is 152 Å². The first kappa shape index (κ1) is 19.7. The molecule has 140 valence electrons. The molecule has 1 aliphatic heterocycles. The SMILES string of the molecule is CCC(N)(CC)CNC(=O)c1ccc(N2CCN(C(C)C)CC2)cc1. The highest BCUT2D eigenvalue weighted by atomic mass is 16.1. The van der Waals surface area contributed by atoms with E-state index in [-0.39, 0.29) is 11.4 Å². The third-order valence-corrected chi connectivity index (χ3v) is 5.55. The molecule has 0 aromatic heterocycles. The molecule has 1 fully saturated rings. The standard InChI is InChI=1S/C20H34N4O/c1-5-20(21,6-2)15-22-19(25)17-7-9-18(10-8-17)24-13-11-23(12-14-24)16(3)4/h7-10,16H,5-6,11-15,21H2,1-4H3,(H,22,25). The summed E-state index contributed by atoms with van der Waals surface area (Å²) in [5.41, 5.74) is 7.82. The predicted octanol–water partition coefficient (Wildman–Crippen LogP) is 2.46. The third kappa shape index (κ3) is 5.19. The fourth-order valence-electron chi connectivity index (χ4n) is 3.18. The first-order valence-electron chi connectivity index (χ1n) is 9.54. The number of nitrogens with one attached hydrogen (secondary N) is 1. The lowest BCUT2D eigenvalue weighted by atomic mass is 9.94. The molecule has 1 aliphatic rings. The number of hydrogen-bond acceptors (Lipinski definition) is 4. The molecule has 0 unspecified atom stereocenters. The molecule has 0 aliphatic carbocycles. The monoisotopic (exact) mass is 346 g/mol. The molecular formula is C20H34N4O. The molecule has 1 saturated heterocycles. The number of carbonyl (C=O) groups excluding carboxylic acids is 1. The maximum Gasteiger partial charge on any atom is 0.251 e. The van der Waals surface area contributed by atoms with E-state index in [1.165, 1.54) is 5.69 Å². The number of rotatable bonds is 7. The molecule has 1 aromatic carbocycles. The van der Waals surface area contributed by atoms with Crippen LogP contribution in [0.1, 0.15) is 50.9 Å². The summed E-state index contributed by atoms with van der Waals surface area (Å²) in [6, 6.07) is 8.53. The van der Waals surface area contributed by atoms with Gasteiger partial charge in [0.25, 0.3) is 5.91 Å². The highest BCUT2D eigenvalue weighted by Crippen LogP contribution is 2.18. The van der Waals surface area contributed by atoms with Gasteiger partial charge < -0.3 is 16.0 Å². The van der Waals surface area contributed by atoms with E-state index in [1.807, 2.05) is 12.1 Å². The van der Waals surface area contributed by atoms with Gasteiger partial charge in [-0.05, 0) is 51.0 Å². The van der Waals surface area contributed by atoms with Crippen molar-refractivity contribution < 1.29 is 4.79 Å². The molecule has 5 nitrogen and oxygen atoms in total. The normalized spacial score (nSPS) is 16.3. The highest BCUT2D eigenvalue weighted by Gasteiger charge is 2.22. The number of benzene rings is 1. The van der Waals surface area contributed by atoms with Gasteiger partial charge in [-0.25, -0.2) is 0 Å². The Morgan fingerprint density at radius 2 is 1.68 bits per heavy atom. The summed E-state index contributed by atoms with van der Waals surface area (Å²) in [6.07, 6.45) is 1.70. The van der Waals surface area contributed by atoms with Gasteiger partial charge in [-0.1, -0.05) is 13.8 Å². The number of nitrogens with two attached hydrogens (primary N) is 1. The zero-order valence-corrected chi connectivity index (χ0v) is 16.2. The first-order chi connectivity index (χ1) is 11.9. The van der Waals surface area contributed by atoms with E-state index < -0.39 is 0 Å². The van der Waals surface area contributed by atoms with Crippen LogP contribution in [0, 0.1) is 0 Å². The minimum absolute atomic E-state index is 0.0482. The number of anilines is 1. The van der Waals surface area contributed by atoms with Crippen LogP contribution in [0.3, 0.4) is 0 Å². The Morgan fingerprint density at radius 1 is 1.12 bits per heavy atom. The Hall–Kier alpha value is -1.59. The van der Waals surface area contributed by atoms with Crippen molar-refractivity contribution in [2.24, 2.45) is 5.73 Å². The topological polar surface area (TPSA) is 61.6 Å². The Bertz CT molecular complexity index is 543. The molecule has 1 heterocycles. The average Bonchev–Trinajstić information content (AvgIpc) is 2.66. The molecule has 0 spiro atoms. The van der Waals surface area contributed by atoms with Gasteiger partial charge in [0.15, 0.2) is 0 Å². The minimum atomic E-state index is -0.314. The van der Waals surface area contributed by atoms with Gasteiger partial charge in [0.1, 0.15) is 0 Å².